The van der Waals surface area contributed by atoms with E-state index in [9.17, 15) is 9.59 Å². The number of benzene rings is 1. The SMILES string of the molecule is Cc1cc(NC(=O)C2CCN(C(=O)c3ccc(COc4ccccc4C#N)o3)CC2)no1. The highest BCUT2D eigenvalue weighted by Gasteiger charge is 2.29. The standard InChI is InChI=1S/C23H22N4O5/c1-15-12-21(26-32-15)25-22(28)16-8-10-27(11-9-16)23(29)20-7-6-18(31-20)14-30-19-5-3-2-4-17(19)13-24/h2-7,12,16H,8-11,14H2,1H3,(H,25,26,28). The Bertz CT molecular complexity index is 1150. The molecule has 1 fully saturated rings. The molecule has 0 aliphatic carbocycles. The van der Waals surface area contributed by atoms with E-state index in [0.717, 1.165) is 0 Å². The highest BCUT2D eigenvalue weighted by Crippen LogP contribution is 2.23. The lowest BCUT2D eigenvalue weighted by atomic mass is 9.95. The van der Waals surface area contributed by atoms with Crippen LogP contribution in [0.25, 0.3) is 0 Å². The second-order valence-corrected chi connectivity index (χ2v) is 7.54. The van der Waals surface area contributed by atoms with E-state index >= 15 is 0 Å². The minimum Gasteiger partial charge on any atom is -0.484 e. The molecule has 0 saturated carbocycles. The van der Waals surface area contributed by atoms with Crippen LogP contribution in [-0.4, -0.2) is 35.0 Å². The molecule has 1 aromatic carbocycles. The molecule has 32 heavy (non-hydrogen) atoms. The molecule has 1 aliphatic rings. The Kier molecular flexibility index (Phi) is 6.22. The topological polar surface area (TPSA) is 122 Å². The van der Waals surface area contributed by atoms with Gasteiger partial charge in [0.05, 0.1) is 5.56 Å². The van der Waals surface area contributed by atoms with Crippen LogP contribution in [0.2, 0.25) is 0 Å². The van der Waals surface area contributed by atoms with Crippen LogP contribution in [0, 0.1) is 24.2 Å². The van der Waals surface area contributed by atoms with Crippen LogP contribution in [0.15, 0.2) is 51.4 Å². The van der Waals surface area contributed by atoms with Crippen molar-refractivity contribution in [1.82, 2.24) is 10.1 Å². The van der Waals surface area contributed by atoms with E-state index < -0.39 is 0 Å². The molecule has 164 valence electrons. The molecule has 4 rings (SSSR count). The van der Waals surface area contributed by atoms with Crippen molar-refractivity contribution < 1.29 is 23.3 Å². The number of aromatic nitrogens is 1. The quantitative estimate of drug-likeness (QED) is 0.630. The van der Waals surface area contributed by atoms with Crippen molar-refractivity contribution in [3.8, 4) is 11.8 Å². The first kappa shape index (κ1) is 21.2. The van der Waals surface area contributed by atoms with Crippen LogP contribution in [0.3, 0.4) is 0 Å². The number of carbonyl (C=O) groups excluding carboxylic acids is 2. The van der Waals surface area contributed by atoms with Gasteiger partial charge in [-0.1, -0.05) is 17.3 Å². The predicted molar refractivity (Wildman–Crippen MR) is 113 cm³/mol. The molecule has 0 unspecified atom stereocenters. The van der Waals surface area contributed by atoms with Gasteiger partial charge in [0.15, 0.2) is 11.6 Å². The van der Waals surface area contributed by atoms with Crippen molar-refractivity contribution in [2.45, 2.75) is 26.4 Å². The number of piperidine rings is 1. The monoisotopic (exact) mass is 434 g/mol. The summed E-state index contributed by atoms with van der Waals surface area (Å²) in [5.41, 5.74) is 0.431. The number of nitrogens with zero attached hydrogens (tertiary/aromatic N) is 3. The molecule has 3 aromatic rings. The Morgan fingerprint density at radius 3 is 2.75 bits per heavy atom. The summed E-state index contributed by atoms with van der Waals surface area (Å²) in [6, 6.07) is 13.9. The van der Waals surface area contributed by atoms with E-state index in [-0.39, 0.29) is 30.1 Å². The second-order valence-electron chi connectivity index (χ2n) is 7.54. The summed E-state index contributed by atoms with van der Waals surface area (Å²) in [4.78, 5) is 26.9. The molecule has 9 heteroatoms. The first-order chi connectivity index (χ1) is 15.5. The van der Waals surface area contributed by atoms with E-state index in [1.54, 1.807) is 54.3 Å². The number of hydrogen-bond acceptors (Lipinski definition) is 7. The molecular formula is C23H22N4O5. The molecule has 9 nitrogen and oxygen atoms in total. The molecule has 0 spiro atoms. The lowest BCUT2D eigenvalue weighted by molar-refractivity contribution is -0.121. The average molecular weight is 434 g/mol. The van der Waals surface area contributed by atoms with Crippen molar-refractivity contribution >= 4 is 17.6 Å². The molecular weight excluding hydrogens is 412 g/mol. The molecule has 1 saturated heterocycles. The fourth-order valence-corrected chi connectivity index (χ4v) is 3.56. The fraction of sp³-hybridized carbons (Fsp3) is 0.304. The number of carbonyl (C=O) groups is 2. The van der Waals surface area contributed by atoms with Gasteiger partial charge < -0.3 is 23.9 Å². The zero-order chi connectivity index (χ0) is 22.5. The Morgan fingerprint density at radius 1 is 1.25 bits per heavy atom. The van der Waals surface area contributed by atoms with E-state index in [2.05, 4.69) is 16.5 Å². The Balaban J connectivity index is 1.28. The summed E-state index contributed by atoms with van der Waals surface area (Å²) in [6.45, 7) is 2.77. The number of aryl methyl sites for hydroxylation is 1. The number of nitrogens with one attached hydrogen (secondary N) is 1. The van der Waals surface area contributed by atoms with Crippen LogP contribution in [-0.2, 0) is 11.4 Å². The first-order valence-corrected chi connectivity index (χ1v) is 10.3. The lowest BCUT2D eigenvalue weighted by Gasteiger charge is -2.30. The lowest BCUT2D eigenvalue weighted by Crippen LogP contribution is -2.41. The number of para-hydroxylation sites is 1. The summed E-state index contributed by atoms with van der Waals surface area (Å²) in [7, 11) is 0. The molecule has 1 aliphatic heterocycles. The predicted octanol–water partition coefficient (Wildman–Crippen LogP) is 3.52. The van der Waals surface area contributed by atoms with Crippen molar-refractivity contribution in [3.05, 3.63) is 65.3 Å². The third kappa shape index (κ3) is 4.81. The number of anilines is 1. The fourth-order valence-electron chi connectivity index (χ4n) is 3.56. The van der Waals surface area contributed by atoms with Crippen molar-refractivity contribution in [3.63, 3.8) is 0 Å². The molecule has 0 radical (unpaired) electrons. The Labute approximate surface area is 184 Å². The van der Waals surface area contributed by atoms with Gasteiger partial charge in [-0.05, 0) is 44.0 Å². The third-order valence-corrected chi connectivity index (χ3v) is 5.28. The maximum Gasteiger partial charge on any atom is 0.289 e. The maximum atomic E-state index is 12.8. The van der Waals surface area contributed by atoms with Crippen molar-refractivity contribution in [2.24, 2.45) is 5.92 Å². The number of furan rings is 1. The van der Waals surface area contributed by atoms with Gasteiger partial charge in [-0.2, -0.15) is 5.26 Å². The van der Waals surface area contributed by atoms with Gasteiger partial charge in [0.2, 0.25) is 5.91 Å². The molecule has 1 N–H and O–H groups in total. The number of rotatable bonds is 6. The first-order valence-electron chi connectivity index (χ1n) is 10.3. The van der Waals surface area contributed by atoms with Gasteiger partial charge in [0.25, 0.3) is 5.91 Å². The summed E-state index contributed by atoms with van der Waals surface area (Å²) < 4.78 is 16.3. The van der Waals surface area contributed by atoms with Crippen LogP contribution in [0.4, 0.5) is 5.82 Å². The maximum absolute atomic E-state index is 12.8. The summed E-state index contributed by atoms with van der Waals surface area (Å²) in [5.74, 6) is 1.64. The van der Waals surface area contributed by atoms with Gasteiger partial charge in [-0.15, -0.1) is 0 Å². The zero-order valence-corrected chi connectivity index (χ0v) is 17.5. The molecule has 0 bridgehead atoms. The molecule has 0 atom stereocenters. The van der Waals surface area contributed by atoms with Gasteiger partial charge in [0.1, 0.15) is 29.9 Å². The van der Waals surface area contributed by atoms with Crippen LogP contribution in [0.5, 0.6) is 5.75 Å². The Morgan fingerprint density at radius 2 is 2.03 bits per heavy atom. The Hall–Kier alpha value is -4.06. The van der Waals surface area contributed by atoms with Crippen molar-refractivity contribution in [2.75, 3.05) is 18.4 Å². The average Bonchev–Trinajstić information content (AvgIpc) is 3.46. The minimum absolute atomic E-state index is 0.107. The number of amides is 2. The van der Waals surface area contributed by atoms with Gasteiger partial charge >= 0.3 is 0 Å². The van der Waals surface area contributed by atoms with Gasteiger partial charge in [0, 0.05) is 25.1 Å². The molecule has 2 amide bonds. The molecule has 2 aromatic heterocycles. The zero-order valence-electron chi connectivity index (χ0n) is 17.5. The smallest absolute Gasteiger partial charge is 0.289 e. The van der Waals surface area contributed by atoms with Crippen LogP contribution in [0.1, 0.15) is 40.5 Å². The number of ether oxygens (including phenoxy) is 1. The minimum atomic E-state index is -0.223. The summed E-state index contributed by atoms with van der Waals surface area (Å²) in [6.07, 6.45) is 1.10. The highest BCUT2D eigenvalue weighted by molar-refractivity contribution is 5.93. The van der Waals surface area contributed by atoms with Gasteiger partial charge in [-0.25, -0.2) is 0 Å². The largest absolute Gasteiger partial charge is 0.484 e. The van der Waals surface area contributed by atoms with E-state index in [4.69, 9.17) is 18.9 Å². The van der Waals surface area contributed by atoms with E-state index in [1.165, 1.54) is 0 Å². The summed E-state index contributed by atoms with van der Waals surface area (Å²) in [5, 5.41) is 15.6. The number of likely N-dealkylation sites (tertiary alicyclic amines) is 1. The van der Waals surface area contributed by atoms with Crippen LogP contribution < -0.4 is 10.1 Å². The summed E-state index contributed by atoms with van der Waals surface area (Å²) >= 11 is 0. The van der Waals surface area contributed by atoms with Crippen LogP contribution >= 0.6 is 0 Å². The molecule has 3 heterocycles. The number of hydrogen-bond donors (Lipinski definition) is 1. The highest BCUT2D eigenvalue weighted by atomic mass is 16.5. The second kappa shape index (κ2) is 9.39. The van der Waals surface area contributed by atoms with E-state index in [0.29, 0.717) is 54.6 Å². The van der Waals surface area contributed by atoms with Gasteiger partial charge in [-0.3, -0.25) is 9.59 Å². The van der Waals surface area contributed by atoms with Crippen molar-refractivity contribution in [1.29, 1.82) is 5.26 Å². The number of nitriles is 1. The normalized spacial score (nSPS) is 14.1. The van der Waals surface area contributed by atoms with E-state index in [1.807, 2.05) is 0 Å². The third-order valence-electron chi connectivity index (χ3n) is 5.28.